The molecule has 3 aliphatic carbocycles. The molecule has 0 radical (unpaired) electrons. The van der Waals surface area contributed by atoms with Gasteiger partial charge in [0.25, 0.3) is 11.8 Å². The molecule has 4 aliphatic rings. The number of likely N-dealkylation sites (tertiary alicyclic amines) is 1. The number of hydrogen-bond acceptors (Lipinski definition) is 6. The summed E-state index contributed by atoms with van der Waals surface area (Å²) in [6, 6.07) is 22.4. The summed E-state index contributed by atoms with van der Waals surface area (Å²) < 4.78 is 4.99. The average molecular weight is 600 g/mol. The van der Waals surface area contributed by atoms with Crippen LogP contribution in [-0.4, -0.2) is 47.6 Å². The summed E-state index contributed by atoms with van der Waals surface area (Å²) in [5, 5.41) is 0.479. The predicted molar refractivity (Wildman–Crippen MR) is 157 cm³/mol. The Morgan fingerprint density at radius 3 is 1.79 bits per heavy atom. The summed E-state index contributed by atoms with van der Waals surface area (Å²) in [6.45, 7) is -0.228. The number of esters is 1. The number of benzene rings is 3. The second kappa shape index (κ2) is 12.0. The Kier molecular flexibility index (Phi) is 7.99. The summed E-state index contributed by atoms with van der Waals surface area (Å²) in [5.74, 6) is -3.01. The lowest BCUT2D eigenvalue weighted by Crippen LogP contribution is -2.43. The number of amides is 4. The van der Waals surface area contributed by atoms with Gasteiger partial charge in [-0.15, -0.1) is 0 Å². The molecule has 1 fully saturated rings. The summed E-state index contributed by atoms with van der Waals surface area (Å²) in [4.78, 5) is 64.8. The van der Waals surface area contributed by atoms with Crippen molar-refractivity contribution in [1.29, 1.82) is 0 Å². The van der Waals surface area contributed by atoms with Crippen molar-refractivity contribution in [2.24, 2.45) is 11.8 Å². The van der Waals surface area contributed by atoms with Crippen molar-refractivity contribution in [2.45, 2.75) is 37.5 Å². The molecule has 220 valence electrons. The highest BCUT2D eigenvalue weighted by atomic mass is 35.5. The average Bonchev–Trinajstić information content (AvgIpc) is 3.28. The second-order valence-electron chi connectivity index (χ2n) is 11.1. The van der Waals surface area contributed by atoms with Crippen molar-refractivity contribution < 1.29 is 28.7 Å². The van der Waals surface area contributed by atoms with Gasteiger partial charge in [0.2, 0.25) is 11.8 Å². The third kappa shape index (κ3) is 5.41. The van der Waals surface area contributed by atoms with Crippen LogP contribution in [0.5, 0.6) is 0 Å². The van der Waals surface area contributed by atoms with Crippen LogP contribution in [0.2, 0.25) is 5.02 Å². The van der Waals surface area contributed by atoms with E-state index in [0.29, 0.717) is 36.4 Å². The molecular formula is C33H30ClN3O6. The van der Waals surface area contributed by atoms with Gasteiger partial charge in [-0.1, -0.05) is 66.6 Å². The third-order valence-electron chi connectivity index (χ3n) is 8.59. The number of carbonyl (C=O) groups excluding carboxylic acids is 5. The fraction of sp³-hybridized carbons (Fsp3) is 0.303. The van der Waals surface area contributed by atoms with Crippen molar-refractivity contribution in [3.05, 3.63) is 106 Å². The van der Waals surface area contributed by atoms with Gasteiger partial charge in [-0.3, -0.25) is 39.7 Å². The summed E-state index contributed by atoms with van der Waals surface area (Å²) >= 11 is 5.79. The van der Waals surface area contributed by atoms with E-state index in [9.17, 15) is 24.0 Å². The Balaban J connectivity index is 0.950. The van der Waals surface area contributed by atoms with Gasteiger partial charge in [0.1, 0.15) is 0 Å². The van der Waals surface area contributed by atoms with Crippen LogP contribution in [0.3, 0.4) is 0 Å². The van der Waals surface area contributed by atoms with Crippen LogP contribution in [-0.2, 0) is 23.9 Å². The normalized spacial score (nSPS) is 21.1. The molecule has 9 nitrogen and oxygen atoms in total. The highest BCUT2D eigenvalue weighted by Gasteiger charge is 2.61. The van der Waals surface area contributed by atoms with Crippen LogP contribution >= 0.6 is 11.6 Å². The highest BCUT2D eigenvalue weighted by Crippen LogP contribution is 2.60. The lowest BCUT2D eigenvalue weighted by molar-refractivity contribution is -0.148. The smallest absolute Gasteiger partial charge is 0.306 e. The molecule has 0 aromatic heterocycles. The lowest BCUT2D eigenvalue weighted by Gasteiger charge is -2.45. The number of hydrazine groups is 1. The van der Waals surface area contributed by atoms with Crippen LogP contribution in [0.4, 0.5) is 0 Å². The van der Waals surface area contributed by atoms with Gasteiger partial charge < -0.3 is 4.74 Å². The quantitative estimate of drug-likeness (QED) is 0.165. The Morgan fingerprint density at radius 2 is 1.26 bits per heavy atom. The van der Waals surface area contributed by atoms with Gasteiger partial charge in [0.15, 0.2) is 6.61 Å². The topological polar surface area (TPSA) is 122 Å². The van der Waals surface area contributed by atoms with E-state index in [1.54, 1.807) is 12.1 Å². The van der Waals surface area contributed by atoms with Crippen molar-refractivity contribution in [2.75, 3.05) is 13.2 Å². The molecule has 43 heavy (non-hydrogen) atoms. The summed E-state index contributed by atoms with van der Waals surface area (Å²) in [7, 11) is 0. The van der Waals surface area contributed by atoms with Crippen LogP contribution in [0.15, 0.2) is 72.8 Å². The standard InChI is InChI=1S/C33H30ClN3O6/c34-20-15-13-19(14-16-20)31(40)36-35-25(38)18-43-26(39)12-2-1-7-17-37-32(41)29-27-21-8-3-4-9-22(21)28(30(29)33(37)42)24-11-6-5-10-23(24)27/h3-6,8-11,13-16,27-30H,1-2,7,12,17-18H2,(H,35,38)(H,36,40)/t27?,28?,29-,30-/m1/s1. The van der Waals surface area contributed by atoms with E-state index in [1.807, 2.05) is 24.3 Å². The zero-order valence-corrected chi connectivity index (χ0v) is 24.0. The molecule has 3 aromatic carbocycles. The van der Waals surface area contributed by atoms with E-state index in [2.05, 4.69) is 35.1 Å². The number of ether oxygens (including phenoxy) is 1. The Labute approximate surface area is 253 Å². The number of rotatable bonds is 9. The van der Waals surface area contributed by atoms with Gasteiger partial charge in [-0.2, -0.15) is 0 Å². The number of carbonyl (C=O) groups is 5. The van der Waals surface area contributed by atoms with Crippen LogP contribution in [0.1, 0.15) is 70.1 Å². The zero-order valence-electron chi connectivity index (χ0n) is 23.3. The van der Waals surface area contributed by atoms with Crippen molar-refractivity contribution in [3.8, 4) is 0 Å². The van der Waals surface area contributed by atoms with E-state index in [1.165, 1.54) is 17.0 Å². The number of nitrogens with zero attached hydrogens (tertiary/aromatic N) is 1. The summed E-state index contributed by atoms with van der Waals surface area (Å²) in [5.41, 5.74) is 9.32. The van der Waals surface area contributed by atoms with Gasteiger partial charge >= 0.3 is 5.97 Å². The molecule has 1 heterocycles. The number of halogens is 1. The zero-order chi connectivity index (χ0) is 30.1. The lowest BCUT2D eigenvalue weighted by atomic mass is 9.55. The van der Waals surface area contributed by atoms with Crippen molar-refractivity contribution in [1.82, 2.24) is 15.8 Å². The fourth-order valence-electron chi connectivity index (χ4n) is 6.73. The van der Waals surface area contributed by atoms with Gasteiger partial charge in [-0.05, 0) is 59.4 Å². The minimum atomic E-state index is -0.679. The molecular weight excluding hydrogens is 570 g/mol. The fourth-order valence-corrected chi connectivity index (χ4v) is 6.86. The first-order valence-electron chi connectivity index (χ1n) is 14.4. The molecule has 10 heteroatoms. The number of unbranched alkanes of at least 4 members (excludes halogenated alkanes) is 2. The molecule has 0 spiro atoms. The predicted octanol–water partition coefficient (Wildman–Crippen LogP) is 4.10. The second-order valence-corrected chi connectivity index (χ2v) is 11.5. The minimum absolute atomic E-state index is 0.0896. The number of imide groups is 1. The minimum Gasteiger partial charge on any atom is -0.455 e. The van der Waals surface area contributed by atoms with E-state index in [0.717, 1.165) is 22.3 Å². The first kappa shape index (κ1) is 28.6. The van der Waals surface area contributed by atoms with Crippen molar-refractivity contribution in [3.63, 3.8) is 0 Å². The highest BCUT2D eigenvalue weighted by molar-refractivity contribution is 6.30. The SMILES string of the molecule is O=C(COC(=O)CCCCCN1C(=O)[C@@H]2C3c4ccccc4C(c4ccccc43)[C@H]2C1=O)NNC(=O)c1ccc(Cl)cc1. The van der Waals surface area contributed by atoms with Gasteiger partial charge in [0, 0.05) is 35.4 Å². The van der Waals surface area contributed by atoms with Crippen LogP contribution < -0.4 is 10.9 Å². The number of hydrogen-bond donors (Lipinski definition) is 2. The molecule has 1 saturated heterocycles. The first-order chi connectivity index (χ1) is 20.8. The first-order valence-corrected chi connectivity index (χ1v) is 14.8. The molecule has 2 N–H and O–H groups in total. The maximum absolute atomic E-state index is 13.6. The van der Waals surface area contributed by atoms with Gasteiger partial charge in [-0.25, -0.2) is 0 Å². The largest absolute Gasteiger partial charge is 0.455 e. The molecule has 3 aromatic rings. The van der Waals surface area contributed by atoms with E-state index in [4.69, 9.17) is 16.3 Å². The van der Waals surface area contributed by atoms with E-state index >= 15 is 0 Å². The Morgan fingerprint density at radius 1 is 0.721 bits per heavy atom. The summed E-state index contributed by atoms with van der Waals surface area (Å²) in [6.07, 6.45) is 1.75. The maximum atomic E-state index is 13.6. The number of nitrogens with one attached hydrogen (secondary N) is 2. The molecule has 4 amide bonds. The Hall–Kier alpha value is -4.50. The molecule has 2 bridgehead atoms. The third-order valence-corrected chi connectivity index (χ3v) is 8.84. The van der Waals surface area contributed by atoms with Crippen LogP contribution in [0, 0.1) is 11.8 Å². The molecule has 0 unspecified atom stereocenters. The van der Waals surface area contributed by atoms with Crippen molar-refractivity contribution >= 4 is 41.2 Å². The van der Waals surface area contributed by atoms with Gasteiger partial charge in [0.05, 0.1) is 11.8 Å². The van der Waals surface area contributed by atoms with E-state index in [-0.39, 0.29) is 41.9 Å². The maximum Gasteiger partial charge on any atom is 0.306 e. The molecule has 2 atom stereocenters. The Bertz CT molecular complexity index is 1490. The van der Waals surface area contributed by atoms with E-state index < -0.39 is 24.4 Å². The molecule has 7 rings (SSSR count). The molecule has 1 aliphatic heterocycles. The molecule has 0 saturated carbocycles. The monoisotopic (exact) mass is 599 g/mol. The van der Waals surface area contributed by atoms with Crippen LogP contribution in [0.25, 0.3) is 0 Å².